The van der Waals surface area contributed by atoms with Crippen LogP contribution in [0.2, 0.25) is 0 Å². The van der Waals surface area contributed by atoms with Crippen LogP contribution in [0.1, 0.15) is 40.9 Å². The Morgan fingerprint density at radius 3 is 2.77 bits per heavy atom. The summed E-state index contributed by atoms with van der Waals surface area (Å²) in [6.45, 7) is 2.55. The first kappa shape index (κ1) is 22.9. The molecule has 2 aliphatic heterocycles. The number of hydrogen-bond acceptors (Lipinski definition) is 6. The van der Waals surface area contributed by atoms with E-state index in [1.165, 1.54) is 24.5 Å². The van der Waals surface area contributed by atoms with Crippen LogP contribution in [0.25, 0.3) is 11.1 Å². The van der Waals surface area contributed by atoms with E-state index in [1.807, 2.05) is 6.07 Å². The molecule has 2 N–H and O–H groups in total. The van der Waals surface area contributed by atoms with Gasteiger partial charge in [0.25, 0.3) is 5.91 Å². The molecule has 1 spiro atoms. The fourth-order valence-corrected chi connectivity index (χ4v) is 5.08. The van der Waals surface area contributed by atoms with Crippen molar-refractivity contribution in [3.63, 3.8) is 0 Å². The number of hydrogen-bond donors (Lipinski definition) is 2. The summed E-state index contributed by atoms with van der Waals surface area (Å²) in [7, 11) is 0. The van der Waals surface area contributed by atoms with Crippen molar-refractivity contribution in [1.29, 1.82) is 5.26 Å². The van der Waals surface area contributed by atoms with Crippen LogP contribution in [0.15, 0.2) is 48.9 Å². The monoisotopic (exact) mass is 474 g/mol. The normalized spacial score (nSPS) is 19.2. The SMILES string of the molecule is N#Cc1cc(CNC(=O)c2cncc(-c3cc(F)cc(F)c3)c2N2CC[C@@]3(CCCN3)C2)ccn1. The fourth-order valence-electron chi connectivity index (χ4n) is 5.08. The number of rotatable bonds is 5. The largest absolute Gasteiger partial charge is 0.368 e. The first-order valence-corrected chi connectivity index (χ1v) is 11.5. The maximum absolute atomic E-state index is 14.1. The average molecular weight is 475 g/mol. The minimum atomic E-state index is -0.692. The first-order valence-electron chi connectivity index (χ1n) is 11.5. The zero-order valence-corrected chi connectivity index (χ0v) is 19.0. The van der Waals surface area contributed by atoms with E-state index in [0.717, 1.165) is 37.4 Å². The molecule has 0 unspecified atom stereocenters. The van der Waals surface area contributed by atoms with Crippen molar-refractivity contribution in [1.82, 2.24) is 20.6 Å². The van der Waals surface area contributed by atoms with Gasteiger partial charge in [0.15, 0.2) is 0 Å². The van der Waals surface area contributed by atoms with E-state index < -0.39 is 11.6 Å². The van der Waals surface area contributed by atoms with E-state index in [2.05, 4.69) is 25.5 Å². The molecule has 178 valence electrons. The van der Waals surface area contributed by atoms with Gasteiger partial charge in [-0.15, -0.1) is 0 Å². The number of nitrogens with zero attached hydrogens (tertiary/aromatic N) is 4. The third kappa shape index (κ3) is 4.70. The van der Waals surface area contributed by atoms with Crippen LogP contribution in [0.4, 0.5) is 14.5 Å². The second-order valence-corrected chi connectivity index (χ2v) is 9.07. The zero-order chi connectivity index (χ0) is 24.4. The van der Waals surface area contributed by atoms with Crippen molar-refractivity contribution < 1.29 is 13.6 Å². The maximum Gasteiger partial charge on any atom is 0.255 e. The Balaban J connectivity index is 1.51. The van der Waals surface area contributed by atoms with Gasteiger partial charge in [0.1, 0.15) is 23.4 Å². The van der Waals surface area contributed by atoms with Crippen molar-refractivity contribution in [2.75, 3.05) is 24.5 Å². The molecule has 1 aromatic carbocycles. The predicted octanol–water partition coefficient (Wildman–Crippen LogP) is 3.56. The lowest BCUT2D eigenvalue weighted by molar-refractivity contribution is 0.0951. The second kappa shape index (κ2) is 9.39. The van der Waals surface area contributed by atoms with Gasteiger partial charge in [-0.05, 0) is 61.2 Å². The number of nitrogens with one attached hydrogen (secondary N) is 2. The van der Waals surface area contributed by atoms with Crippen LogP contribution in [-0.4, -0.2) is 41.0 Å². The number of carbonyl (C=O) groups is 1. The molecule has 2 saturated heterocycles. The van der Waals surface area contributed by atoms with Crippen LogP contribution in [0, 0.1) is 23.0 Å². The van der Waals surface area contributed by atoms with Crippen LogP contribution in [-0.2, 0) is 6.54 Å². The van der Waals surface area contributed by atoms with E-state index in [1.54, 1.807) is 18.3 Å². The van der Waals surface area contributed by atoms with Gasteiger partial charge in [-0.1, -0.05) is 0 Å². The summed E-state index contributed by atoms with van der Waals surface area (Å²) in [5.41, 5.74) is 2.75. The van der Waals surface area contributed by atoms with Crippen molar-refractivity contribution in [2.24, 2.45) is 0 Å². The maximum atomic E-state index is 14.1. The molecule has 5 rings (SSSR count). The van der Waals surface area contributed by atoms with Crippen molar-refractivity contribution in [2.45, 2.75) is 31.3 Å². The van der Waals surface area contributed by atoms with E-state index in [9.17, 15) is 13.6 Å². The molecule has 2 fully saturated rings. The minimum absolute atomic E-state index is 0.0216. The van der Waals surface area contributed by atoms with Crippen LogP contribution >= 0.6 is 0 Å². The molecule has 1 amide bonds. The molecule has 2 aromatic heterocycles. The molecule has 4 heterocycles. The fraction of sp³-hybridized carbons (Fsp3) is 0.308. The average Bonchev–Trinajstić information content (AvgIpc) is 3.51. The summed E-state index contributed by atoms with van der Waals surface area (Å²) in [5, 5.41) is 15.6. The molecule has 0 saturated carbocycles. The van der Waals surface area contributed by atoms with E-state index >= 15 is 0 Å². The summed E-state index contributed by atoms with van der Waals surface area (Å²) < 4.78 is 28.2. The summed E-state index contributed by atoms with van der Waals surface area (Å²) in [4.78, 5) is 23.7. The quantitative estimate of drug-likeness (QED) is 0.588. The van der Waals surface area contributed by atoms with Crippen molar-refractivity contribution in [3.8, 4) is 17.2 Å². The van der Waals surface area contributed by atoms with E-state index in [4.69, 9.17) is 5.26 Å². The topological polar surface area (TPSA) is 93.9 Å². The summed E-state index contributed by atoms with van der Waals surface area (Å²) in [6, 6.07) is 8.66. The van der Waals surface area contributed by atoms with Crippen molar-refractivity contribution in [3.05, 3.63) is 77.4 Å². The highest BCUT2D eigenvalue weighted by Gasteiger charge is 2.41. The van der Waals surface area contributed by atoms with E-state index in [-0.39, 0.29) is 23.7 Å². The number of pyridine rings is 2. The standard InChI is InChI=1S/C26H24F2N6O/c27-19-9-18(10-20(28)11-19)22-14-30-15-23(24(22)34-7-4-26(16-34)3-1-5-33-26)25(35)32-13-17-2-6-31-21(8-17)12-29/h2,6,8-11,14-15,33H,1,3-5,7,13,16H2,(H,32,35)/t26-/m0/s1. The molecule has 35 heavy (non-hydrogen) atoms. The predicted molar refractivity (Wildman–Crippen MR) is 127 cm³/mol. The number of carbonyl (C=O) groups excluding carboxylic acids is 1. The Morgan fingerprint density at radius 1 is 1.20 bits per heavy atom. The number of amides is 1. The molecule has 0 radical (unpaired) electrons. The molecule has 7 nitrogen and oxygen atoms in total. The Morgan fingerprint density at radius 2 is 2.03 bits per heavy atom. The lowest BCUT2D eigenvalue weighted by Crippen LogP contribution is -2.42. The third-order valence-corrected chi connectivity index (χ3v) is 6.73. The molecule has 0 bridgehead atoms. The highest BCUT2D eigenvalue weighted by Crippen LogP contribution is 2.40. The lowest BCUT2D eigenvalue weighted by atomic mass is 9.96. The molecule has 9 heteroatoms. The molecule has 0 aliphatic carbocycles. The zero-order valence-electron chi connectivity index (χ0n) is 19.0. The Labute approximate surface area is 201 Å². The molecule has 3 aromatic rings. The Kier molecular flexibility index (Phi) is 6.14. The van der Waals surface area contributed by atoms with Gasteiger partial charge in [-0.2, -0.15) is 5.26 Å². The van der Waals surface area contributed by atoms with Crippen LogP contribution < -0.4 is 15.5 Å². The molecule has 1 atom stereocenters. The number of benzene rings is 1. The van der Waals surface area contributed by atoms with Gasteiger partial charge < -0.3 is 15.5 Å². The third-order valence-electron chi connectivity index (χ3n) is 6.73. The number of halogens is 2. The molecular weight excluding hydrogens is 450 g/mol. The number of anilines is 1. The minimum Gasteiger partial charge on any atom is -0.368 e. The van der Waals surface area contributed by atoms with Gasteiger partial charge in [0, 0.05) is 55.4 Å². The molecular formula is C26H24F2N6O. The Hall–Kier alpha value is -3.90. The van der Waals surface area contributed by atoms with Gasteiger partial charge in [0.2, 0.25) is 0 Å². The summed E-state index contributed by atoms with van der Waals surface area (Å²) >= 11 is 0. The van der Waals surface area contributed by atoms with Crippen LogP contribution in [0.3, 0.4) is 0 Å². The summed E-state index contributed by atoms with van der Waals surface area (Å²) in [6.07, 6.45) is 7.62. The van der Waals surface area contributed by atoms with Gasteiger partial charge in [0.05, 0.1) is 11.3 Å². The van der Waals surface area contributed by atoms with E-state index in [0.29, 0.717) is 35.5 Å². The highest BCUT2D eigenvalue weighted by atomic mass is 19.1. The van der Waals surface area contributed by atoms with Crippen molar-refractivity contribution >= 4 is 11.6 Å². The smallest absolute Gasteiger partial charge is 0.255 e. The second-order valence-electron chi connectivity index (χ2n) is 9.07. The first-order chi connectivity index (χ1) is 17.0. The van der Waals surface area contributed by atoms with Gasteiger partial charge in [-0.3, -0.25) is 9.78 Å². The number of aromatic nitrogens is 2. The van der Waals surface area contributed by atoms with Gasteiger partial charge >= 0.3 is 0 Å². The van der Waals surface area contributed by atoms with Crippen LogP contribution in [0.5, 0.6) is 0 Å². The lowest BCUT2D eigenvalue weighted by Gasteiger charge is -2.28. The number of nitriles is 1. The highest BCUT2D eigenvalue weighted by molar-refractivity contribution is 6.03. The Bertz CT molecular complexity index is 1300. The summed E-state index contributed by atoms with van der Waals surface area (Å²) in [5.74, 6) is -1.74. The van der Waals surface area contributed by atoms with Gasteiger partial charge in [-0.25, -0.2) is 13.8 Å². The molecule has 2 aliphatic rings.